The number of H-pyrrole nitrogens is 1. The summed E-state index contributed by atoms with van der Waals surface area (Å²) in [6.07, 6.45) is 3.14. The third-order valence-electron chi connectivity index (χ3n) is 6.67. The lowest BCUT2D eigenvalue weighted by Gasteiger charge is -2.24. The van der Waals surface area contributed by atoms with E-state index in [1.807, 2.05) is 48.5 Å². The second kappa shape index (κ2) is 10.7. The number of carbonyl (C=O) groups excluding carboxylic acids is 1. The van der Waals surface area contributed by atoms with Gasteiger partial charge in [-0.3, -0.25) is 18.7 Å². The molecule has 5 aromatic rings. The van der Waals surface area contributed by atoms with Crippen LogP contribution in [0.25, 0.3) is 22.3 Å². The number of anilines is 1. The van der Waals surface area contributed by atoms with E-state index in [0.717, 1.165) is 22.3 Å². The van der Waals surface area contributed by atoms with Gasteiger partial charge in [0, 0.05) is 18.3 Å². The van der Waals surface area contributed by atoms with E-state index in [1.165, 1.54) is 16.2 Å². The van der Waals surface area contributed by atoms with Gasteiger partial charge in [0.05, 0.1) is 49.3 Å². The number of para-hydroxylation sites is 2. The van der Waals surface area contributed by atoms with Crippen LogP contribution in [0, 0.1) is 0 Å². The van der Waals surface area contributed by atoms with Crippen molar-refractivity contribution in [2.24, 2.45) is 7.05 Å². The zero-order valence-electron chi connectivity index (χ0n) is 21.5. The van der Waals surface area contributed by atoms with Crippen LogP contribution >= 0.6 is 0 Å². The van der Waals surface area contributed by atoms with Crippen LogP contribution in [-0.4, -0.2) is 43.2 Å². The molecule has 10 heteroatoms. The molecule has 0 aliphatic carbocycles. The fraction of sp³-hybridized carbons (Fsp3) is 0.172. The van der Waals surface area contributed by atoms with Gasteiger partial charge in [-0.2, -0.15) is 0 Å². The molecule has 10 nitrogen and oxygen atoms in total. The number of hydrogen-bond donors (Lipinski definition) is 2. The standard InChI is InChI=1S/C29H27N5O5/c1-32-24-5-3-4-6-25(24)34(29(32)38)17-27(35)33(22-11-9-20(10-12-22)23-15-30-18-31-23)16-19-7-8-21(14-28(36)37)26(13-19)39-2/h3-13,15,18H,14,16-17H2,1-2H3,(H,30,31)(H,36,37). The molecule has 2 aromatic heterocycles. The quantitative estimate of drug-likeness (QED) is 0.303. The van der Waals surface area contributed by atoms with Crippen LogP contribution in [0.5, 0.6) is 5.75 Å². The number of aryl methyl sites for hydroxylation is 1. The predicted octanol–water partition coefficient (Wildman–Crippen LogP) is 3.60. The lowest BCUT2D eigenvalue weighted by atomic mass is 10.1. The monoisotopic (exact) mass is 525 g/mol. The number of nitrogens with zero attached hydrogens (tertiary/aromatic N) is 4. The number of carboxylic acids is 1. The second-order valence-corrected chi connectivity index (χ2v) is 9.13. The van der Waals surface area contributed by atoms with Crippen molar-refractivity contribution < 1.29 is 19.4 Å². The predicted molar refractivity (Wildman–Crippen MR) is 147 cm³/mol. The summed E-state index contributed by atoms with van der Waals surface area (Å²) in [6, 6.07) is 20.0. The number of ether oxygens (including phenoxy) is 1. The Morgan fingerprint density at radius 3 is 2.46 bits per heavy atom. The van der Waals surface area contributed by atoms with Gasteiger partial charge in [-0.1, -0.05) is 36.4 Å². The Morgan fingerprint density at radius 2 is 1.79 bits per heavy atom. The number of fused-ring (bicyclic) bond motifs is 1. The van der Waals surface area contributed by atoms with Gasteiger partial charge < -0.3 is 19.7 Å². The number of aromatic amines is 1. The van der Waals surface area contributed by atoms with Crippen molar-refractivity contribution in [3.8, 4) is 17.0 Å². The zero-order chi connectivity index (χ0) is 27.5. The third kappa shape index (κ3) is 5.17. The lowest BCUT2D eigenvalue weighted by Crippen LogP contribution is -2.36. The maximum absolute atomic E-state index is 13.8. The summed E-state index contributed by atoms with van der Waals surface area (Å²) in [5, 5.41) is 9.21. The molecule has 2 N–H and O–H groups in total. The fourth-order valence-corrected chi connectivity index (χ4v) is 4.67. The van der Waals surface area contributed by atoms with Gasteiger partial charge >= 0.3 is 11.7 Å². The van der Waals surface area contributed by atoms with E-state index in [0.29, 0.717) is 22.5 Å². The van der Waals surface area contributed by atoms with E-state index in [9.17, 15) is 19.5 Å². The van der Waals surface area contributed by atoms with E-state index in [2.05, 4.69) is 9.97 Å². The van der Waals surface area contributed by atoms with E-state index in [4.69, 9.17) is 4.74 Å². The average Bonchev–Trinajstić information content (AvgIpc) is 3.56. The highest BCUT2D eigenvalue weighted by atomic mass is 16.5. The van der Waals surface area contributed by atoms with Crippen molar-refractivity contribution >= 4 is 28.6 Å². The van der Waals surface area contributed by atoms with Gasteiger partial charge in [0.2, 0.25) is 5.91 Å². The first-order valence-corrected chi connectivity index (χ1v) is 12.3. The van der Waals surface area contributed by atoms with Crippen LogP contribution in [0.1, 0.15) is 11.1 Å². The number of rotatable bonds is 9. The van der Waals surface area contributed by atoms with E-state index in [-0.39, 0.29) is 31.1 Å². The minimum Gasteiger partial charge on any atom is -0.496 e. The first kappa shape index (κ1) is 25.5. The summed E-state index contributed by atoms with van der Waals surface area (Å²) < 4.78 is 8.43. The summed E-state index contributed by atoms with van der Waals surface area (Å²) >= 11 is 0. The van der Waals surface area contributed by atoms with Crippen LogP contribution in [0.15, 0.2) is 84.0 Å². The Morgan fingerprint density at radius 1 is 1.05 bits per heavy atom. The topological polar surface area (TPSA) is 122 Å². The Hall–Kier alpha value is -5.12. The molecular weight excluding hydrogens is 498 g/mol. The van der Waals surface area contributed by atoms with Gasteiger partial charge in [-0.25, -0.2) is 9.78 Å². The number of nitrogens with one attached hydrogen (secondary N) is 1. The molecule has 0 saturated carbocycles. The minimum atomic E-state index is -0.962. The molecule has 198 valence electrons. The summed E-state index contributed by atoms with van der Waals surface area (Å²) in [7, 11) is 3.16. The summed E-state index contributed by atoms with van der Waals surface area (Å²) in [4.78, 5) is 46.8. The molecule has 0 radical (unpaired) electrons. The van der Waals surface area contributed by atoms with Gasteiger partial charge in [0.25, 0.3) is 0 Å². The van der Waals surface area contributed by atoms with Crippen LogP contribution in [0.3, 0.4) is 0 Å². The molecule has 1 amide bonds. The highest BCUT2D eigenvalue weighted by Gasteiger charge is 2.21. The van der Waals surface area contributed by atoms with Crippen LogP contribution in [0.4, 0.5) is 5.69 Å². The number of carbonyl (C=O) groups is 2. The van der Waals surface area contributed by atoms with Crippen LogP contribution < -0.4 is 15.3 Å². The number of amides is 1. The Labute approximate surface area is 223 Å². The van der Waals surface area contributed by atoms with Crippen molar-refractivity contribution in [2.45, 2.75) is 19.5 Å². The summed E-state index contributed by atoms with van der Waals surface area (Å²) in [6.45, 7) is 0.0299. The average molecular weight is 526 g/mol. The third-order valence-corrected chi connectivity index (χ3v) is 6.67. The minimum absolute atomic E-state index is 0.156. The molecule has 5 rings (SSSR count). The highest BCUT2D eigenvalue weighted by molar-refractivity contribution is 5.94. The lowest BCUT2D eigenvalue weighted by molar-refractivity contribution is -0.136. The molecule has 0 unspecified atom stereocenters. The van der Waals surface area contributed by atoms with Gasteiger partial charge in [-0.15, -0.1) is 0 Å². The van der Waals surface area contributed by atoms with Crippen molar-refractivity contribution in [3.05, 3.63) is 101 Å². The first-order chi connectivity index (χ1) is 18.9. The van der Waals surface area contributed by atoms with Gasteiger partial charge in [0.15, 0.2) is 0 Å². The molecule has 0 spiro atoms. The molecule has 3 aromatic carbocycles. The normalized spacial score (nSPS) is 11.0. The largest absolute Gasteiger partial charge is 0.496 e. The van der Waals surface area contributed by atoms with E-state index >= 15 is 0 Å². The Bertz CT molecular complexity index is 1700. The molecule has 39 heavy (non-hydrogen) atoms. The number of aromatic nitrogens is 4. The number of imidazole rings is 2. The second-order valence-electron chi connectivity index (χ2n) is 9.13. The number of hydrogen-bond acceptors (Lipinski definition) is 5. The Balaban J connectivity index is 1.51. The summed E-state index contributed by atoms with van der Waals surface area (Å²) in [5.74, 6) is -0.811. The number of benzene rings is 3. The smallest absolute Gasteiger partial charge is 0.329 e. The van der Waals surface area contributed by atoms with Crippen molar-refractivity contribution in [1.29, 1.82) is 0 Å². The first-order valence-electron chi connectivity index (χ1n) is 12.3. The molecule has 0 bridgehead atoms. The van der Waals surface area contributed by atoms with Crippen molar-refractivity contribution in [1.82, 2.24) is 19.1 Å². The number of carboxylic acid groups (broad SMARTS) is 1. The van der Waals surface area contributed by atoms with Crippen LogP contribution in [-0.2, 0) is 36.1 Å². The maximum atomic E-state index is 13.8. The molecule has 0 aliphatic heterocycles. The SMILES string of the molecule is COc1cc(CN(C(=O)Cn2c(=O)n(C)c3ccccc32)c2ccc(-c3cnc[nH]3)cc2)ccc1CC(=O)O. The molecule has 0 fully saturated rings. The van der Waals surface area contributed by atoms with Crippen molar-refractivity contribution in [2.75, 3.05) is 12.0 Å². The zero-order valence-corrected chi connectivity index (χ0v) is 21.5. The van der Waals surface area contributed by atoms with Crippen molar-refractivity contribution in [3.63, 3.8) is 0 Å². The highest BCUT2D eigenvalue weighted by Crippen LogP contribution is 2.26. The maximum Gasteiger partial charge on any atom is 0.329 e. The van der Waals surface area contributed by atoms with Gasteiger partial charge in [0.1, 0.15) is 12.3 Å². The number of aliphatic carboxylic acids is 1. The molecule has 2 heterocycles. The summed E-state index contributed by atoms with van der Waals surface area (Å²) in [5.41, 5.74) is 4.82. The van der Waals surface area contributed by atoms with Crippen LogP contribution in [0.2, 0.25) is 0 Å². The van der Waals surface area contributed by atoms with Gasteiger partial charge in [-0.05, 0) is 41.5 Å². The molecule has 0 atom stereocenters. The fourth-order valence-electron chi connectivity index (χ4n) is 4.67. The molecule has 0 saturated heterocycles. The Kier molecular flexibility index (Phi) is 7.00. The molecule has 0 aliphatic rings. The van der Waals surface area contributed by atoms with E-state index < -0.39 is 5.97 Å². The molecular formula is C29H27N5O5. The van der Waals surface area contributed by atoms with E-state index in [1.54, 1.807) is 42.7 Å². The number of methoxy groups -OCH3 is 1.